The fraction of sp³-hybridized carbons (Fsp3) is 0.217. The molecule has 3 heterocycles. The molecule has 32 heavy (non-hydrogen) atoms. The topological polar surface area (TPSA) is 143 Å². The van der Waals surface area contributed by atoms with Crippen LogP contribution in [-0.4, -0.2) is 39.2 Å². The maximum Gasteiger partial charge on any atom is 0.292 e. The smallest absolute Gasteiger partial charge is 0.292 e. The Morgan fingerprint density at radius 2 is 2.03 bits per heavy atom. The Morgan fingerprint density at radius 3 is 2.91 bits per heavy atom. The number of nitrogens with zero attached hydrogens (tertiary/aromatic N) is 4. The minimum atomic E-state index is 0.0882. The number of benzene rings is 2. The fourth-order valence-corrected chi connectivity index (χ4v) is 4.07. The highest BCUT2D eigenvalue weighted by molar-refractivity contribution is 6.17. The summed E-state index contributed by atoms with van der Waals surface area (Å²) in [4.78, 5) is 14.9. The van der Waals surface area contributed by atoms with Gasteiger partial charge in [-0.05, 0) is 48.4 Å². The van der Waals surface area contributed by atoms with Gasteiger partial charge in [0, 0.05) is 25.2 Å². The maximum atomic E-state index is 8.77. The van der Waals surface area contributed by atoms with Gasteiger partial charge in [0.2, 0.25) is 0 Å². The number of nitrogen functional groups attached to an aromatic ring is 2. The van der Waals surface area contributed by atoms with E-state index in [1.165, 1.54) is 17.5 Å². The van der Waals surface area contributed by atoms with Crippen LogP contribution in [0.25, 0.3) is 11.1 Å². The first-order valence-electron chi connectivity index (χ1n) is 10.4. The van der Waals surface area contributed by atoms with E-state index in [9.17, 15) is 0 Å². The Labute approximate surface area is 185 Å². The lowest BCUT2D eigenvalue weighted by Crippen LogP contribution is -2.26. The number of hydrogen-bond acceptors (Lipinski definition) is 9. The van der Waals surface area contributed by atoms with Crippen molar-refractivity contribution in [2.24, 2.45) is 0 Å². The third kappa shape index (κ3) is 3.74. The molecular weight excluding hydrogens is 404 g/mol. The van der Waals surface area contributed by atoms with Crippen LogP contribution in [0.1, 0.15) is 27.8 Å². The van der Waals surface area contributed by atoms with Crippen LogP contribution in [0.3, 0.4) is 0 Å². The van der Waals surface area contributed by atoms with Crippen molar-refractivity contribution in [3.63, 3.8) is 0 Å². The predicted molar refractivity (Wildman–Crippen MR) is 125 cm³/mol. The molecule has 4 aromatic rings. The van der Waals surface area contributed by atoms with Crippen molar-refractivity contribution < 1.29 is 4.42 Å². The average molecular weight is 429 g/mol. The quantitative estimate of drug-likeness (QED) is 0.355. The summed E-state index contributed by atoms with van der Waals surface area (Å²) in [6, 6.07) is 11.9. The summed E-state index contributed by atoms with van der Waals surface area (Å²) < 4.78 is 5.32. The summed E-state index contributed by atoms with van der Waals surface area (Å²) in [5.41, 5.74) is 18.1. The van der Waals surface area contributed by atoms with E-state index in [1.54, 1.807) is 18.2 Å². The number of likely N-dealkylation sites (N-methyl/N-ethyl adjacent to an activating group) is 1. The molecule has 6 N–H and O–H groups in total. The number of hydrogen-bond donors (Lipinski definition) is 4. The van der Waals surface area contributed by atoms with Crippen LogP contribution >= 0.6 is 0 Å². The average Bonchev–Trinajstić information content (AvgIpc) is 3.16. The van der Waals surface area contributed by atoms with E-state index in [0.717, 1.165) is 25.1 Å². The zero-order valence-corrected chi connectivity index (χ0v) is 17.7. The number of nitrogens with two attached hydrogens (primary N) is 2. The molecule has 0 saturated carbocycles. The first-order chi connectivity index (χ1) is 15.5. The van der Waals surface area contributed by atoms with Gasteiger partial charge in [0.15, 0.2) is 5.58 Å². The first kappa shape index (κ1) is 20.0. The monoisotopic (exact) mass is 428 g/mol. The first-order valence-corrected chi connectivity index (χ1v) is 10.4. The Hall–Kier alpha value is -3.98. The molecule has 9 nitrogen and oxygen atoms in total. The molecule has 0 spiro atoms. The molecule has 9 heteroatoms. The van der Waals surface area contributed by atoms with Crippen LogP contribution in [0.15, 0.2) is 47.1 Å². The van der Waals surface area contributed by atoms with Crippen molar-refractivity contribution >= 4 is 34.5 Å². The fourth-order valence-electron chi connectivity index (χ4n) is 4.07. The summed E-state index contributed by atoms with van der Waals surface area (Å²) in [5.74, 6) is 0.750. The van der Waals surface area contributed by atoms with Crippen molar-refractivity contribution in [2.75, 3.05) is 30.4 Å². The second-order valence-corrected chi connectivity index (χ2v) is 8.04. The van der Waals surface area contributed by atoms with Gasteiger partial charge >= 0.3 is 0 Å². The Kier molecular flexibility index (Phi) is 4.95. The van der Waals surface area contributed by atoms with E-state index >= 15 is 0 Å². The van der Waals surface area contributed by atoms with Crippen LogP contribution in [0, 0.1) is 5.41 Å². The normalized spacial score (nSPS) is 13.8. The van der Waals surface area contributed by atoms with E-state index < -0.39 is 0 Å². The Bertz CT molecular complexity index is 1330. The van der Waals surface area contributed by atoms with E-state index in [0.29, 0.717) is 34.6 Å². The van der Waals surface area contributed by atoms with Gasteiger partial charge in [-0.1, -0.05) is 18.2 Å². The number of rotatable bonds is 5. The molecular formula is C23H24N8O. The molecule has 0 atom stereocenters. The Morgan fingerprint density at radius 1 is 1.16 bits per heavy atom. The molecule has 0 bridgehead atoms. The molecule has 0 fully saturated rings. The highest BCUT2D eigenvalue weighted by atomic mass is 16.4. The summed E-state index contributed by atoms with van der Waals surface area (Å²) in [6.45, 7) is 2.61. The van der Waals surface area contributed by atoms with Gasteiger partial charge in [0.1, 0.15) is 23.5 Å². The standard InChI is InChI=1S/C23H24N8O/c1-31-7-6-14-8-13(2-3-16(14)11-31)10-27-22-19(21(25)28-12-29-22)20(24)15-4-5-18-17(9-15)30-23(26)32-18/h2-5,8-9,12,24H,6-7,10-11H2,1H3,(H2,26,30)(H3,25,27,28,29). The zero-order valence-electron chi connectivity index (χ0n) is 17.7. The molecule has 0 aliphatic carbocycles. The maximum absolute atomic E-state index is 8.77. The van der Waals surface area contributed by atoms with Crippen LogP contribution < -0.4 is 16.8 Å². The second kappa shape index (κ2) is 7.93. The molecule has 1 aliphatic heterocycles. The number of aromatic nitrogens is 3. The highest BCUT2D eigenvalue weighted by Gasteiger charge is 2.18. The zero-order chi connectivity index (χ0) is 22.2. The van der Waals surface area contributed by atoms with Crippen molar-refractivity contribution in [2.45, 2.75) is 19.5 Å². The summed E-state index contributed by atoms with van der Waals surface area (Å²) >= 11 is 0. The van der Waals surface area contributed by atoms with Crippen LogP contribution in [0.4, 0.5) is 17.7 Å². The lowest BCUT2D eigenvalue weighted by Gasteiger charge is -2.25. The predicted octanol–water partition coefficient (Wildman–Crippen LogP) is 2.80. The second-order valence-electron chi connectivity index (χ2n) is 8.04. The summed E-state index contributed by atoms with van der Waals surface area (Å²) in [5, 5.41) is 12.1. The number of nitrogens with one attached hydrogen (secondary N) is 2. The molecule has 1 aliphatic rings. The number of fused-ring (bicyclic) bond motifs is 2. The Balaban J connectivity index is 1.41. The number of anilines is 3. The lowest BCUT2D eigenvalue weighted by molar-refractivity contribution is 0.313. The van der Waals surface area contributed by atoms with Crippen molar-refractivity contribution in [1.82, 2.24) is 19.9 Å². The SMILES string of the molecule is CN1CCc2cc(CNc3ncnc(N)c3C(=N)c3ccc4oc(N)nc4c3)ccc2C1. The largest absolute Gasteiger partial charge is 0.424 e. The third-order valence-electron chi connectivity index (χ3n) is 5.75. The van der Waals surface area contributed by atoms with E-state index in [1.807, 2.05) is 0 Å². The minimum Gasteiger partial charge on any atom is -0.424 e. The van der Waals surface area contributed by atoms with Crippen LogP contribution in [0.2, 0.25) is 0 Å². The minimum absolute atomic E-state index is 0.0882. The molecule has 162 valence electrons. The number of oxazole rings is 1. The molecule has 0 amide bonds. The van der Waals surface area contributed by atoms with Gasteiger partial charge in [-0.2, -0.15) is 4.98 Å². The summed E-state index contributed by atoms with van der Waals surface area (Å²) in [6.07, 6.45) is 2.45. The van der Waals surface area contributed by atoms with Crippen LogP contribution in [-0.2, 0) is 19.5 Å². The van der Waals surface area contributed by atoms with Crippen LogP contribution in [0.5, 0.6) is 0 Å². The molecule has 0 saturated heterocycles. The van der Waals surface area contributed by atoms with Crippen molar-refractivity contribution in [3.8, 4) is 0 Å². The molecule has 5 rings (SSSR count). The van der Waals surface area contributed by atoms with Gasteiger partial charge in [0.25, 0.3) is 6.01 Å². The van der Waals surface area contributed by atoms with Gasteiger partial charge in [-0.25, -0.2) is 9.97 Å². The lowest BCUT2D eigenvalue weighted by atomic mass is 9.97. The molecule has 0 unspecified atom stereocenters. The van der Waals surface area contributed by atoms with Gasteiger partial charge < -0.3 is 26.1 Å². The van der Waals surface area contributed by atoms with E-state index in [-0.39, 0.29) is 17.5 Å². The van der Waals surface area contributed by atoms with Gasteiger partial charge in [-0.3, -0.25) is 5.41 Å². The molecule has 2 aromatic carbocycles. The summed E-state index contributed by atoms with van der Waals surface area (Å²) in [7, 11) is 2.14. The van der Waals surface area contributed by atoms with Gasteiger partial charge in [-0.15, -0.1) is 0 Å². The van der Waals surface area contributed by atoms with Crippen molar-refractivity contribution in [1.29, 1.82) is 5.41 Å². The van der Waals surface area contributed by atoms with Gasteiger partial charge in [0.05, 0.1) is 11.3 Å². The van der Waals surface area contributed by atoms with E-state index in [2.05, 4.69) is 50.4 Å². The van der Waals surface area contributed by atoms with E-state index in [4.69, 9.17) is 21.3 Å². The molecule has 0 radical (unpaired) electrons. The van der Waals surface area contributed by atoms with Crippen molar-refractivity contribution in [3.05, 3.63) is 70.5 Å². The highest BCUT2D eigenvalue weighted by Crippen LogP contribution is 2.26. The third-order valence-corrected chi connectivity index (χ3v) is 5.75. The molecule has 2 aromatic heterocycles.